The second kappa shape index (κ2) is 7.08. The van der Waals surface area contributed by atoms with Crippen molar-refractivity contribution in [1.82, 2.24) is 5.32 Å². The maximum atomic E-state index is 12.1. The van der Waals surface area contributed by atoms with Gasteiger partial charge in [0.05, 0.1) is 13.2 Å². The third kappa shape index (κ3) is 3.68. The standard InChI is InChI=1S/C19H19NO4/c1-13(15-7-8-17-18(11-15)24-12-23-17)20-19(21)9-6-14-4-3-5-16(10-14)22-2/h3-11,13H,12H2,1-2H3,(H,20,21). The first kappa shape index (κ1) is 15.9. The second-order valence-electron chi connectivity index (χ2n) is 5.45. The lowest BCUT2D eigenvalue weighted by Gasteiger charge is -2.13. The summed E-state index contributed by atoms with van der Waals surface area (Å²) in [4.78, 5) is 12.1. The summed E-state index contributed by atoms with van der Waals surface area (Å²) in [6.45, 7) is 2.16. The Bertz CT molecular complexity index is 770. The maximum Gasteiger partial charge on any atom is 0.244 e. The van der Waals surface area contributed by atoms with Gasteiger partial charge in [0.25, 0.3) is 0 Å². The molecular formula is C19H19NO4. The van der Waals surface area contributed by atoms with Crippen molar-refractivity contribution in [2.24, 2.45) is 0 Å². The topological polar surface area (TPSA) is 56.8 Å². The summed E-state index contributed by atoms with van der Waals surface area (Å²) in [5.74, 6) is 2.03. The average Bonchev–Trinajstić information content (AvgIpc) is 3.07. The van der Waals surface area contributed by atoms with Gasteiger partial charge in [0.2, 0.25) is 12.7 Å². The summed E-state index contributed by atoms with van der Waals surface area (Å²) in [7, 11) is 1.61. The Hall–Kier alpha value is -2.95. The number of nitrogens with one attached hydrogen (secondary N) is 1. The fourth-order valence-corrected chi connectivity index (χ4v) is 2.44. The van der Waals surface area contributed by atoms with Gasteiger partial charge in [-0.25, -0.2) is 0 Å². The molecule has 0 aromatic heterocycles. The number of rotatable bonds is 5. The fraction of sp³-hybridized carbons (Fsp3) is 0.211. The number of carbonyl (C=O) groups is 1. The van der Waals surface area contributed by atoms with Gasteiger partial charge in [0, 0.05) is 6.08 Å². The van der Waals surface area contributed by atoms with E-state index in [1.165, 1.54) is 6.08 Å². The summed E-state index contributed by atoms with van der Waals surface area (Å²) in [6, 6.07) is 13.0. The summed E-state index contributed by atoms with van der Waals surface area (Å²) < 4.78 is 15.8. The van der Waals surface area contributed by atoms with Gasteiger partial charge in [-0.1, -0.05) is 18.2 Å². The van der Waals surface area contributed by atoms with Crippen LogP contribution in [0.15, 0.2) is 48.5 Å². The number of carbonyl (C=O) groups excluding carboxylic acids is 1. The molecule has 0 spiro atoms. The lowest BCUT2D eigenvalue weighted by atomic mass is 10.1. The first-order valence-electron chi connectivity index (χ1n) is 7.68. The van der Waals surface area contributed by atoms with Crippen LogP contribution in [0.2, 0.25) is 0 Å². The number of amides is 1. The molecule has 0 radical (unpaired) electrons. The minimum Gasteiger partial charge on any atom is -0.497 e. The molecular weight excluding hydrogens is 306 g/mol. The second-order valence-corrected chi connectivity index (χ2v) is 5.45. The quantitative estimate of drug-likeness (QED) is 0.857. The number of benzene rings is 2. The minimum absolute atomic E-state index is 0.137. The Labute approximate surface area is 140 Å². The van der Waals surface area contributed by atoms with Gasteiger partial charge >= 0.3 is 0 Å². The molecule has 5 heteroatoms. The number of methoxy groups -OCH3 is 1. The summed E-state index contributed by atoms with van der Waals surface area (Å²) >= 11 is 0. The van der Waals surface area contributed by atoms with Gasteiger partial charge in [0.1, 0.15) is 5.75 Å². The van der Waals surface area contributed by atoms with Crippen molar-refractivity contribution < 1.29 is 19.0 Å². The van der Waals surface area contributed by atoms with E-state index in [0.717, 1.165) is 22.6 Å². The molecule has 0 aliphatic carbocycles. The SMILES string of the molecule is COc1cccc(C=CC(=O)NC(C)c2ccc3c(c2)OCO3)c1. The van der Waals surface area contributed by atoms with E-state index in [1.54, 1.807) is 13.2 Å². The highest BCUT2D eigenvalue weighted by molar-refractivity contribution is 5.92. The molecule has 2 aromatic carbocycles. The van der Waals surface area contributed by atoms with E-state index in [2.05, 4.69) is 5.32 Å². The largest absolute Gasteiger partial charge is 0.497 e. The third-order valence-corrected chi connectivity index (χ3v) is 3.78. The molecule has 3 rings (SSSR count). The maximum absolute atomic E-state index is 12.1. The van der Waals surface area contributed by atoms with Crippen LogP contribution in [0.25, 0.3) is 6.08 Å². The molecule has 24 heavy (non-hydrogen) atoms. The molecule has 0 bridgehead atoms. The normalized spacial score (nSPS) is 13.8. The van der Waals surface area contributed by atoms with E-state index < -0.39 is 0 Å². The molecule has 1 amide bonds. The van der Waals surface area contributed by atoms with E-state index in [1.807, 2.05) is 49.4 Å². The van der Waals surface area contributed by atoms with E-state index in [9.17, 15) is 4.79 Å². The molecule has 0 fully saturated rings. The van der Waals surface area contributed by atoms with Crippen molar-refractivity contribution in [3.63, 3.8) is 0 Å². The molecule has 1 aliphatic heterocycles. The van der Waals surface area contributed by atoms with E-state index in [4.69, 9.17) is 14.2 Å². The highest BCUT2D eigenvalue weighted by atomic mass is 16.7. The zero-order chi connectivity index (χ0) is 16.9. The van der Waals surface area contributed by atoms with Crippen molar-refractivity contribution in [1.29, 1.82) is 0 Å². The third-order valence-electron chi connectivity index (χ3n) is 3.78. The molecule has 1 unspecified atom stereocenters. The van der Waals surface area contributed by atoms with Crippen LogP contribution < -0.4 is 19.5 Å². The number of hydrogen-bond acceptors (Lipinski definition) is 4. The monoisotopic (exact) mass is 325 g/mol. The first-order valence-corrected chi connectivity index (χ1v) is 7.68. The van der Waals surface area contributed by atoms with Gasteiger partial charge in [-0.05, 0) is 48.4 Å². The Kier molecular flexibility index (Phi) is 4.70. The van der Waals surface area contributed by atoms with E-state index >= 15 is 0 Å². The lowest BCUT2D eigenvalue weighted by Crippen LogP contribution is -2.24. The fourth-order valence-electron chi connectivity index (χ4n) is 2.44. The molecule has 5 nitrogen and oxygen atoms in total. The van der Waals surface area contributed by atoms with E-state index in [-0.39, 0.29) is 18.7 Å². The Morgan fingerprint density at radius 2 is 2.04 bits per heavy atom. The number of hydrogen-bond donors (Lipinski definition) is 1. The molecule has 1 atom stereocenters. The summed E-state index contributed by atoms with van der Waals surface area (Å²) in [5, 5.41) is 2.93. The van der Waals surface area contributed by atoms with Crippen LogP contribution in [0.1, 0.15) is 24.1 Å². The lowest BCUT2D eigenvalue weighted by molar-refractivity contribution is -0.117. The van der Waals surface area contributed by atoms with E-state index in [0.29, 0.717) is 5.75 Å². The summed E-state index contributed by atoms with van der Waals surface area (Å²) in [5.41, 5.74) is 1.86. The molecule has 0 saturated carbocycles. The molecule has 1 N–H and O–H groups in total. The van der Waals surface area contributed by atoms with Crippen LogP contribution in [0, 0.1) is 0 Å². The van der Waals surface area contributed by atoms with Crippen LogP contribution in [0.3, 0.4) is 0 Å². The van der Waals surface area contributed by atoms with Crippen LogP contribution in [0.4, 0.5) is 0 Å². The molecule has 1 aliphatic rings. The highest BCUT2D eigenvalue weighted by Crippen LogP contribution is 2.34. The Balaban J connectivity index is 1.62. The Morgan fingerprint density at radius 1 is 1.21 bits per heavy atom. The van der Waals surface area contributed by atoms with Gasteiger partial charge < -0.3 is 19.5 Å². The molecule has 0 saturated heterocycles. The molecule has 1 heterocycles. The van der Waals surface area contributed by atoms with Crippen molar-refractivity contribution in [2.45, 2.75) is 13.0 Å². The predicted molar refractivity (Wildman–Crippen MR) is 91.2 cm³/mol. The highest BCUT2D eigenvalue weighted by Gasteiger charge is 2.16. The van der Waals surface area contributed by atoms with Gasteiger partial charge in [-0.15, -0.1) is 0 Å². The van der Waals surface area contributed by atoms with Gasteiger partial charge in [-0.2, -0.15) is 0 Å². The van der Waals surface area contributed by atoms with Crippen molar-refractivity contribution >= 4 is 12.0 Å². The van der Waals surface area contributed by atoms with Gasteiger partial charge in [-0.3, -0.25) is 4.79 Å². The zero-order valence-electron chi connectivity index (χ0n) is 13.6. The molecule has 124 valence electrons. The average molecular weight is 325 g/mol. The van der Waals surface area contributed by atoms with Crippen molar-refractivity contribution in [3.05, 3.63) is 59.7 Å². The van der Waals surface area contributed by atoms with Crippen molar-refractivity contribution in [3.8, 4) is 17.2 Å². The van der Waals surface area contributed by atoms with Crippen LogP contribution in [-0.4, -0.2) is 19.8 Å². The number of ether oxygens (including phenoxy) is 3. The number of fused-ring (bicyclic) bond motifs is 1. The molecule has 2 aromatic rings. The Morgan fingerprint density at radius 3 is 2.88 bits per heavy atom. The van der Waals surface area contributed by atoms with Crippen LogP contribution in [-0.2, 0) is 4.79 Å². The smallest absolute Gasteiger partial charge is 0.244 e. The van der Waals surface area contributed by atoms with Crippen molar-refractivity contribution in [2.75, 3.05) is 13.9 Å². The summed E-state index contributed by atoms with van der Waals surface area (Å²) in [6.07, 6.45) is 3.27. The van der Waals surface area contributed by atoms with Crippen LogP contribution in [0.5, 0.6) is 17.2 Å². The predicted octanol–water partition coefficient (Wildman–Crippen LogP) is 3.31. The van der Waals surface area contributed by atoms with Crippen LogP contribution >= 0.6 is 0 Å². The first-order chi connectivity index (χ1) is 11.7. The van der Waals surface area contributed by atoms with Gasteiger partial charge in [0.15, 0.2) is 11.5 Å². The minimum atomic E-state index is -0.164. The zero-order valence-corrected chi connectivity index (χ0v) is 13.6.